The number of ether oxygens (including phenoxy) is 1. The average molecular weight is 288 g/mol. The lowest BCUT2D eigenvalue weighted by Crippen LogP contribution is -2.24. The summed E-state index contributed by atoms with van der Waals surface area (Å²) >= 11 is 1.63. The summed E-state index contributed by atoms with van der Waals surface area (Å²) in [6, 6.07) is 7.01. The van der Waals surface area contributed by atoms with Crippen LogP contribution >= 0.6 is 11.3 Å². The molecular formula is C16H20N2OS. The number of fused-ring (bicyclic) bond motifs is 1. The molecule has 0 fully saturated rings. The number of rotatable bonds is 5. The van der Waals surface area contributed by atoms with Gasteiger partial charge in [0.25, 0.3) is 0 Å². The highest BCUT2D eigenvalue weighted by atomic mass is 32.1. The largest absolute Gasteiger partial charge is 0.488 e. The van der Waals surface area contributed by atoms with Crippen molar-refractivity contribution in [3.63, 3.8) is 0 Å². The summed E-state index contributed by atoms with van der Waals surface area (Å²) in [4.78, 5) is 5.23. The van der Waals surface area contributed by atoms with Gasteiger partial charge in [0.2, 0.25) is 0 Å². The molecule has 1 unspecified atom stereocenters. The van der Waals surface area contributed by atoms with Gasteiger partial charge in [-0.05, 0) is 49.1 Å². The number of benzene rings is 1. The molecule has 3 rings (SSSR count). The SMILES string of the molecule is CCNC1CCCc2ccc(OCc3cncs3)cc21. The smallest absolute Gasteiger partial charge is 0.124 e. The van der Waals surface area contributed by atoms with Gasteiger partial charge in [0, 0.05) is 12.2 Å². The molecule has 3 nitrogen and oxygen atoms in total. The van der Waals surface area contributed by atoms with Gasteiger partial charge < -0.3 is 10.1 Å². The lowest BCUT2D eigenvalue weighted by atomic mass is 9.87. The molecule has 1 aliphatic rings. The predicted octanol–water partition coefficient (Wildman–Crippen LogP) is 3.71. The third-order valence-corrected chi connectivity index (χ3v) is 4.50. The molecule has 0 bridgehead atoms. The highest BCUT2D eigenvalue weighted by Gasteiger charge is 2.19. The van der Waals surface area contributed by atoms with Crippen molar-refractivity contribution in [2.75, 3.05) is 6.54 Å². The second-order valence-corrected chi connectivity index (χ2v) is 6.09. The van der Waals surface area contributed by atoms with Crippen molar-refractivity contribution in [3.05, 3.63) is 45.9 Å². The van der Waals surface area contributed by atoms with Gasteiger partial charge in [0.15, 0.2) is 0 Å². The number of thiazole rings is 1. The van der Waals surface area contributed by atoms with E-state index in [1.54, 1.807) is 11.3 Å². The first-order valence-corrected chi connectivity index (χ1v) is 8.11. The van der Waals surface area contributed by atoms with Crippen LogP contribution in [0.25, 0.3) is 0 Å². The van der Waals surface area contributed by atoms with Crippen LogP contribution in [0, 0.1) is 0 Å². The molecule has 106 valence electrons. The van der Waals surface area contributed by atoms with E-state index in [-0.39, 0.29) is 0 Å². The maximum atomic E-state index is 5.89. The molecule has 1 aliphatic carbocycles. The predicted molar refractivity (Wildman–Crippen MR) is 82.2 cm³/mol. The van der Waals surface area contributed by atoms with Gasteiger partial charge in [-0.2, -0.15) is 0 Å². The second-order valence-electron chi connectivity index (χ2n) is 5.12. The Morgan fingerprint density at radius 1 is 1.45 bits per heavy atom. The molecular weight excluding hydrogens is 268 g/mol. The van der Waals surface area contributed by atoms with E-state index in [9.17, 15) is 0 Å². The molecule has 1 atom stereocenters. The van der Waals surface area contributed by atoms with E-state index in [0.29, 0.717) is 12.6 Å². The molecule has 20 heavy (non-hydrogen) atoms. The summed E-state index contributed by atoms with van der Waals surface area (Å²) in [5.74, 6) is 0.960. The van der Waals surface area contributed by atoms with Gasteiger partial charge in [0.1, 0.15) is 12.4 Å². The zero-order chi connectivity index (χ0) is 13.8. The van der Waals surface area contributed by atoms with E-state index >= 15 is 0 Å². The van der Waals surface area contributed by atoms with Crippen LogP contribution < -0.4 is 10.1 Å². The molecule has 0 spiro atoms. The average Bonchev–Trinajstić information content (AvgIpc) is 2.99. The number of nitrogens with zero attached hydrogens (tertiary/aromatic N) is 1. The zero-order valence-electron chi connectivity index (χ0n) is 11.8. The van der Waals surface area contributed by atoms with E-state index in [1.807, 2.05) is 11.7 Å². The van der Waals surface area contributed by atoms with Crippen molar-refractivity contribution >= 4 is 11.3 Å². The van der Waals surface area contributed by atoms with Crippen LogP contribution in [-0.2, 0) is 13.0 Å². The van der Waals surface area contributed by atoms with E-state index in [2.05, 4.69) is 35.4 Å². The summed E-state index contributed by atoms with van der Waals surface area (Å²) < 4.78 is 5.89. The molecule has 2 aromatic rings. The van der Waals surface area contributed by atoms with Crippen molar-refractivity contribution in [1.82, 2.24) is 10.3 Å². The summed E-state index contributed by atoms with van der Waals surface area (Å²) in [7, 11) is 0. The van der Waals surface area contributed by atoms with E-state index < -0.39 is 0 Å². The van der Waals surface area contributed by atoms with Crippen LogP contribution in [-0.4, -0.2) is 11.5 Å². The number of aryl methyl sites for hydroxylation is 1. The number of aromatic nitrogens is 1. The highest BCUT2D eigenvalue weighted by molar-refractivity contribution is 7.09. The standard InChI is InChI=1S/C16H20N2OS/c1-2-18-16-5-3-4-12-6-7-13(8-15(12)16)19-10-14-9-17-11-20-14/h6-9,11,16,18H,2-5,10H2,1H3. The lowest BCUT2D eigenvalue weighted by Gasteiger charge is -2.26. The number of hydrogen-bond acceptors (Lipinski definition) is 4. The first-order chi connectivity index (χ1) is 9.86. The van der Waals surface area contributed by atoms with Crippen LogP contribution in [0.5, 0.6) is 5.75 Å². The highest BCUT2D eigenvalue weighted by Crippen LogP contribution is 2.32. The maximum Gasteiger partial charge on any atom is 0.124 e. The van der Waals surface area contributed by atoms with Crippen LogP contribution in [0.2, 0.25) is 0 Å². The Hall–Kier alpha value is -1.39. The molecule has 0 radical (unpaired) electrons. The Labute approximate surface area is 124 Å². The van der Waals surface area contributed by atoms with Crippen molar-refractivity contribution in [2.45, 2.75) is 38.8 Å². The molecule has 1 aromatic carbocycles. The van der Waals surface area contributed by atoms with Crippen LogP contribution in [0.1, 0.15) is 41.8 Å². The Morgan fingerprint density at radius 3 is 3.20 bits per heavy atom. The monoisotopic (exact) mass is 288 g/mol. The summed E-state index contributed by atoms with van der Waals surface area (Å²) in [6.45, 7) is 3.78. The Morgan fingerprint density at radius 2 is 2.40 bits per heavy atom. The van der Waals surface area contributed by atoms with Gasteiger partial charge in [0.05, 0.1) is 10.4 Å². The van der Waals surface area contributed by atoms with Crippen molar-refractivity contribution in [2.24, 2.45) is 0 Å². The molecule has 0 amide bonds. The van der Waals surface area contributed by atoms with Crippen LogP contribution in [0.3, 0.4) is 0 Å². The van der Waals surface area contributed by atoms with Crippen LogP contribution in [0.4, 0.5) is 0 Å². The number of hydrogen-bond donors (Lipinski definition) is 1. The third kappa shape index (κ3) is 3.02. The molecule has 4 heteroatoms. The van der Waals surface area contributed by atoms with Crippen molar-refractivity contribution < 1.29 is 4.74 Å². The van der Waals surface area contributed by atoms with E-state index in [1.165, 1.54) is 30.4 Å². The number of nitrogens with one attached hydrogen (secondary N) is 1. The topological polar surface area (TPSA) is 34.1 Å². The van der Waals surface area contributed by atoms with Gasteiger partial charge >= 0.3 is 0 Å². The molecule has 0 aliphatic heterocycles. The normalized spacial score (nSPS) is 17.8. The molecule has 1 heterocycles. The van der Waals surface area contributed by atoms with E-state index in [0.717, 1.165) is 17.2 Å². The zero-order valence-corrected chi connectivity index (χ0v) is 12.6. The molecule has 0 saturated heterocycles. The van der Waals surface area contributed by atoms with Gasteiger partial charge in [-0.25, -0.2) is 0 Å². The van der Waals surface area contributed by atoms with Crippen molar-refractivity contribution in [3.8, 4) is 5.75 Å². The van der Waals surface area contributed by atoms with Gasteiger partial charge in [-0.15, -0.1) is 11.3 Å². The summed E-state index contributed by atoms with van der Waals surface area (Å²) in [5, 5.41) is 3.57. The minimum Gasteiger partial charge on any atom is -0.488 e. The fraction of sp³-hybridized carbons (Fsp3) is 0.438. The molecule has 1 aromatic heterocycles. The quantitative estimate of drug-likeness (QED) is 0.910. The minimum atomic E-state index is 0.482. The molecule has 0 saturated carbocycles. The van der Waals surface area contributed by atoms with Crippen LogP contribution in [0.15, 0.2) is 29.9 Å². The lowest BCUT2D eigenvalue weighted by molar-refractivity contribution is 0.308. The summed E-state index contributed by atoms with van der Waals surface area (Å²) in [5.41, 5.74) is 4.72. The van der Waals surface area contributed by atoms with Gasteiger partial charge in [-0.1, -0.05) is 13.0 Å². The summed E-state index contributed by atoms with van der Waals surface area (Å²) in [6.07, 6.45) is 5.54. The second kappa shape index (κ2) is 6.37. The maximum absolute atomic E-state index is 5.89. The Balaban J connectivity index is 1.74. The molecule has 1 N–H and O–H groups in total. The fourth-order valence-corrected chi connectivity index (χ4v) is 3.30. The third-order valence-electron chi connectivity index (χ3n) is 3.75. The van der Waals surface area contributed by atoms with Gasteiger partial charge in [-0.3, -0.25) is 4.98 Å². The Bertz CT molecular complexity index is 554. The first kappa shape index (κ1) is 13.6. The van der Waals surface area contributed by atoms with E-state index in [4.69, 9.17) is 4.74 Å². The van der Waals surface area contributed by atoms with Crippen molar-refractivity contribution in [1.29, 1.82) is 0 Å². The Kier molecular flexibility index (Phi) is 4.33. The first-order valence-electron chi connectivity index (χ1n) is 7.23. The minimum absolute atomic E-state index is 0.482. The fourth-order valence-electron chi connectivity index (χ4n) is 2.79.